The van der Waals surface area contributed by atoms with Crippen LogP contribution in [0.5, 0.6) is 0 Å². The van der Waals surface area contributed by atoms with Gasteiger partial charge in [0.1, 0.15) is 5.01 Å². The van der Waals surface area contributed by atoms with Gasteiger partial charge in [0.25, 0.3) is 0 Å². The highest BCUT2D eigenvalue weighted by Crippen LogP contribution is 2.21. The predicted octanol–water partition coefficient (Wildman–Crippen LogP) is 2.07. The lowest BCUT2D eigenvalue weighted by molar-refractivity contribution is 0.566. The molecule has 0 fully saturated rings. The fourth-order valence-corrected chi connectivity index (χ4v) is 3.72. The van der Waals surface area contributed by atoms with E-state index in [4.69, 9.17) is 5.73 Å². The molecule has 3 N–H and O–H groups in total. The first-order chi connectivity index (χ1) is 8.88. The molecular formula is C12H15N3O2S2. The summed E-state index contributed by atoms with van der Waals surface area (Å²) in [5.41, 5.74) is 6.02. The number of nitrogens with two attached hydrogens (primary N) is 1. The number of nitrogen functional groups attached to an aromatic ring is 1. The lowest BCUT2D eigenvalue weighted by Crippen LogP contribution is -2.26. The number of thiazole rings is 1. The van der Waals surface area contributed by atoms with E-state index in [1.807, 2.05) is 6.92 Å². The smallest absolute Gasteiger partial charge is 0.241 e. The third kappa shape index (κ3) is 3.31. The van der Waals surface area contributed by atoms with Crippen LogP contribution in [0, 0.1) is 6.92 Å². The molecule has 0 aliphatic heterocycles. The molecule has 1 atom stereocenters. The maximum atomic E-state index is 12.2. The Balaban J connectivity index is 2.22. The maximum absolute atomic E-state index is 12.2. The second kappa shape index (κ2) is 5.28. The minimum atomic E-state index is -3.58. The predicted molar refractivity (Wildman–Crippen MR) is 76.4 cm³/mol. The molecule has 0 saturated heterocycles. The summed E-state index contributed by atoms with van der Waals surface area (Å²) >= 11 is 1.47. The van der Waals surface area contributed by atoms with E-state index in [9.17, 15) is 8.42 Å². The number of sulfonamides is 1. The second-order valence-corrected chi connectivity index (χ2v) is 7.20. The molecule has 2 aromatic rings. The summed E-state index contributed by atoms with van der Waals surface area (Å²) in [5, 5.41) is 0.741. The van der Waals surface area contributed by atoms with Crippen molar-refractivity contribution >= 4 is 27.0 Å². The van der Waals surface area contributed by atoms with Crippen molar-refractivity contribution < 1.29 is 8.42 Å². The van der Waals surface area contributed by atoms with Crippen LogP contribution in [0.1, 0.15) is 22.9 Å². The summed E-state index contributed by atoms with van der Waals surface area (Å²) < 4.78 is 27.0. The van der Waals surface area contributed by atoms with Crippen molar-refractivity contribution in [1.29, 1.82) is 0 Å². The molecular weight excluding hydrogens is 282 g/mol. The first-order valence-corrected chi connectivity index (χ1v) is 7.98. The van der Waals surface area contributed by atoms with E-state index in [0.29, 0.717) is 5.69 Å². The van der Waals surface area contributed by atoms with Crippen LogP contribution in [0.2, 0.25) is 0 Å². The van der Waals surface area contributed by atoms with Crippen LogP contribution in [-0.2, 0) is 10.0 Å². The Labute approximate surface area is 116 Å². The molecule has 2 rings (SSSR count). The molecule has 1 unspecified atom stereocenters. The van der Waals surface area contributed by atoms with Gasteiger partial charge in [-0.05, 0) is 32.0 Å². The number of nitrogens with one attached hydrogen (secondary N) is 1. The monoisotopic (exact) mass is 297 g/mol. The van der Waals surface area contributed by atoms with Gasteiger partial charge in [-0.15, -0.1) is 11.3 Å². The SMILES string of the molecule is Cc1cnc(C(C)NS(=O)(=O)c2cccc(N)c2)s1. The molecule has 0 radical (unpaired) electrons. The molecule has 0 amide bonds. The van der Waals surface area contributed by atoms with E-state index in [2.05, 4.69) is 9.71 Å². The fraction of sp³-hybridized carbons (Fsp3) is 0.250. The summed E-state index contributed by atoms with van der Waals surface area (Å²) in [4.78, 5) is 5.38. The van der Waals surface area contributed by atoms with E-state index in [-0.39, 0.29) is 10.9 Å². The standard InChI is InChI=1S/C12H15N3O2S2/c1-8-7-14-12(18-8)9(2)15-19(16,17)11-5-3-4-10(13)6-11/h3-7,9,15H,13H2,1-2H3. The first kappa shape index (κ1) is 14.0. The molecule has 0 saturated carbocycles. The van der Waals surface area contributed by atoms with E-state index in [1.165, 1.54) is 23.5 Å². The highest BCUT2D eigenvalue weighted by atomic mass is 32.2. The van der Waals surface area contributed by atoms with Gasteiger partial charge in [-0.25, -0.2) is 18.1 Å². The van der Waals surface area contributed by atoms with Crippen LogP contribution < -0.4 is 10.5 Å². The van der Waals surface area contributed by atoms with E-state index in [1.54, 1.807) is 25.3 Å². The number of benzene rings is 1. The summed E-state index contributed by atoms with van der Waals surface area (Å²) in [6, 6.07) is 5.83. The molecule has 0 bridgehead atoms. The second-order valence-electron chi connectivity index (χ2n) is 4.22. The number of aromatic nitrogens is 1. The van der Waals surface area contributed by atoms with Gasteiger partial charge in [0.15, 0.2) is 0 Å². The molecule has 1 aromatic carbocycles. The van der Waals surface area contributed by atoms with Crippen molar-refractivity contribution in [3.8, 4) is 0 Å². The van der Waals surface area contributed by atoms with Gasteiger partial charge in [0.05, 0.1) is 10.9 Å². The van der Waals surface area contributed by atoms with Crippen LogP contribution in [0.15, 0.2) is 35.4 Å². The normalized spacial score (nSPS) is 13.4. The van der Waals surface area contributed by atoms with Gasteiger partial charge in [0, 0.05) is 16.8 Å². The van der Waals surface area contributed by atoms with Gasteiger partial charge < -0.3 is 5.73 Å². The molecule has 102 valence electrons. The Bertz CT molecular complexity index is 680. The summed E-state index contributed by atoms with van der Waals surface area (Å²) in [7, 11) is -3.58. The van der Waals surface area contributed by atoms with Gasteiger partial charge in [0.2, 0.25) is 10.0 Å². The van der Waals surface area contributed by atoms with Crippen LogP contribution in [0.25, 0.3) is 0 Å². The van der Waals surface area contributed by atoms with Crippen LogP contribution in [-0.4, -0.2) is 13.4 Å². The average Bonchev–Trinajstić information content (AvgIpc) is 2.75. The number of anilines is 1. The van der Waals surface area contributed by atoms with E-state index >= 15 is 0 Å². The Kier molecular flexibility index (Phi) is 3.88. The summed E-state index contributed by atoms with van der Waals surface area (Å²) in [6.45, 7) is 3.70. The highest BCUT2D eigenvalue weighted by Gasteiger charge is 2.20. The Morgan fingerprint density at radius 3 is 2.74 bits per heavy atom. The van der Waals surface area contributed by atoms with Crippen molar-refractivity contribution in [3.05, 3.63) is 40.3 Å². The zero-order chi connectivity index (χ0) is 14.0. The zero-order valence-corrected chi connectivity index (χ0v) is 12.3. The Morgan fingerprint density at radius 1 is 1.42 bits per heavy atom. The third-order valence-electron chi connectivity index (χ3n) is 2.51. The molecule has 1 heterocycles. The van der Waals surface area contributed by atoms with Crippen molar-refractivity contribution in [2.45, 2.75) is 24.8 Å². The quantitative estimate of drug-likeness (QED) is 0.846. The summed E-state index contributed by atoms with van der Waals surface area (Å²) in [5.74, 6) is 0. The Hall–Kier alpha value is -1.44. The van der Waals surface area contributed by atoms with Crippen LogP contribution in [0.4, 0.5) is 5.69 Å². The molecule has 19 heavy (non-hydrogen) atoms. The first-order valence-electron chi connectivity index (χ1n) is 5.69. The number of hydrogen-bond donors (Lipinski definition) is 2. The summed E-state index contributed by atoms with van der Waals surface area (Å²) in [6.07, 6.45) is 1.73. The number of aryl methyl sites for hydroxylation is 1. The molecule has 0 spiro atoms. The van der Waals surface area contributed by atoms with Crippen molar-refractivity contribution in [2.75, 3.05) is 5.73 Å². The molecule has 0 aliphatic rings. The van der Waals surface area contributed by atoms with Gasteiger partial charge in [-0.3, -0.25) is 0 Å². The minimum absolute atomic E-state index is 0.160. The van der Waals surface area contributed by atoms with Crippen molar-refractivity contribution in [3.63, 3.8) is 0 Å². The van der Waals surface area contributed by atoms with E-state index < -0.39 is 10.0 Å². The molecule has 1 aromatic heterocycles. The van der Waals surface area contributed by atoms with Crippen molar-refractivity contribution in [2.24, 2.45) is 0 Å². The highest BCUT2D eigenvalue weighted by molar-refractivity contribution is 7.89. The average molecular weight is 297 g/mol. The molecule has 0 aliphatic carbocycles. The zero-order valence-electron chi connectivity index (χ0n) is 10.6. The lowest BCUT2D eigenvalue weighted by atomic mass is 10.3. The van der Waals surface area contributed by atoms with Gasteiger partial charge in [-0.2, -0.15) is 0 Å². The van der Waals surface area contributed by atoms with Crippen molar-refractivity contribution in [1.82, 2.24) is 9.71 Å². The number of nitrogens with zero attached hydrogens (tertiary/aromatic N) is 1. The molecule has 7 heteroatoms. The number of rotatable bonds is 4. The number of hydrogen-bond acceptors (Lipinski definition) is 5. The molecule has 5 nitrogen and oxygen atoms in total. The maximum Gasteiger partial charge on any atom is 0.241 e. The minimum Gasteiger partial charge on any atom is -0.399 e. The van der Waals surface area contributed by atoms with Crippen LogP contribution >= 0.6 is 11.3 Å². The fourth-order valence-electron chi connectivity index (χ4n) is 1.61. The van der Waals surface area contributed by atoms with Gasteiger partial charge >= 0.3 is 0 Å². The lowest BCUT2D eigenvalue weighted by Gasteiger charge is -2.12. The topological polar surface area (TPSA) is 85.1 Å². The Morgan fingerprint density at radius 2 is 2.16 bits per heavy atom. The third-order valence-corrected chi connectivity index (χ3v) is 5.14. The van der Waals surface area contributed by atoms with Crippen LogP contribution in [0.3, 0.4) is 0 Å². The van der Waals surface area contributed by atoms with Gasteiger partial charge in [-0.1, -0.05) is 6.07 Å². The largest absolute Gasteiger partial charge is 0.399 e. The van der Waals surface area contributed by atoms with E-state index in [0.717, 1.165) is 9.88 Å².